The van der Waals surface area contributed by atoms with Crippen molar-refractivity contribution in [2.45, 2.75) is 13.1 Å². The number of nitrogens with two attached hydrogens (primary N) is 1. The zero-order valence-corrected chi connectivity index (χ0v) is 11.0. The van der Waals surface area contributed by atoms with Crippen LogP contribution in [0.4, 0.5) is 23.2 Å². The van der Waals surface area contributed by atoms with E-state index in [2.05, 4.69) is 0 Å². The van der Waals surface area contributed by atoms with Gasteiger partial charge < -0.3 is 5.73 Å². The van der Waals surface area contributed by atoms with Gasteiger partial charge in [-0.1, -0.05) is 6.07 Å². The zero-order valence-electron chi connectivity index (χ0n) is 11.0. The van der Waals surface area contributed by atoms with Gasteiger partial charge in [0.05, 0.1) is 11.1 Å². The molecule has 0 aliphatic rings. The molecular weight excluding hydrogens is 286 g/mol. The van der Waals surface area contributed by atoms with Crippen molar-refractivity contribution in [3.8, 4) is 0 Å². The number of hydrogen-bond donors (Lipinski definition) is 1. The van der Waals surface area contributed by atoms with Crippen molar-refractivity contribution < 1.29 is 22.4 Å². The van der Waals surface area contributed by atoms with Gasteiger partial charge in [-0.3, -0.25) is 4.79 Å². The number of nitrogen functional groups attached to an aromatic ring is 1. The van der Waals surface area contributed by atoms with Crippen molar-refractivity contribution in [1.82, 2.24) is 0 Å². The predicted molar refractivity (Wildman–Crippen MR) is 70.4 cm³/mol. The molecule has 2 aromatic rings. The highest BCUT2D eigenvalue weighted by atomic mass is 19.4. The van der Waals surface area contributed by atoms with E-state index in [1.807, 2.05) is 0 Å². The van der Waals surface area contributed by atoms with Gasteiger partial charge >= 0.3 is 6.18 Å². The van der Waals surface area contributed by atoms with Crippen LogP contribution in [0.15, 0.2) is 36.4 Å². The van der Waals surface area contributed by atoms with E-state index in [0.717, 1.165) is 12.1 Å². The molecule has 0 amide bonds. The minimum absolute atomic E-state index is 0.113. The summed E-state index contributed by atoms with van der Waals surface area (Å²) in [7, 11) is 0. The maximum atomic E-state index is 14.0. The first-order valence-corrected chi connectivity index (χ1v) is 5.98. The lowest BCUT2D eigenvalue weighted by Gasteiger charge is -2.11. The van der Waals surface area contributed by atoms with E-state index < -0.39 is 28.9 Å². The number of carbonyl (C=O) groups excluding carboxylic acids is 1. The molecule has 0 aromatic heterocycles. The van der Waals surface area contributed by atoms with Gasteiger partial charge in [0.1, 0.15) is 5.82 Å². The van der Waals surface area contributed by atoms with Crippen LogP contribution in [-0.4, -0.2) is 5.78 Å². The summed E-state index contributed by atoms with van der Waals surface area (Å²) in [6.45, 7) is 1.58. The normalized spacial score (nSPS) is 11.5. The molecule has 0 saturated heterocycles. The Labute approximate surface area is 118 Å². The van der Waals surface area contributed by atoms with Gasteiger partial charge in [-0.25, -0.2) is 4.39 Å². The maximum Gasteiger partial charge on any atom is 0.419 e. The van der Waals surface area contributed by atoms with Crippen molar-refractivity contribution >= 4 is 11.5 Å². The molecule has 0 fully saturated rings. The SMILES string of the molecule is Cc1cc(N)ccc1C(=O)c1cccc(C(F)(F)F)c1F. The van der Waals surface area contributed by atoms with Crippen molar-refractivity contribution in [3.05, 3.63) is 64.5 Å². The summed E-state index contributed by atoms with van der Waals surface area (Å²) in [4.78, 5) is 12.2. The Morgan fingerprint density at radius 1 is 1.10 bits per heavy atom. The van der Waals surface area contributed by atoms with Crippen molar-refractivity contribution in [3.63, 3.8) is 0 Å². The number of aryl methyl sites for hydroxylation is 1. The summed E-state index contributed by atoms with van der Waals surface area (Å²) in [5.41, 5.74) is 4.47. The van der Waals surface area contributed by atoms with Gasteiger partial charge in [-0.05, 0) is 42.8 Å². The lowest BCUT2D eigenvalue weighted by molar-refractivity contribution is -0.140. The fraction of sp³-hybridized carbons (Fsp3) is 0.133. The summed E-state index contributed by atoms with van der Waals surface area (Å²) < 4.78 is 51.9. The first kappa shape index (κ1) is 15.0. The maximum absolute atomic E-state index is 14.0. The Bertz CT molecular complexity index is 707. The molecule has 0 aliphatic carbocycles. The molecule has 6 heteroatoms. The molecule has 2 nitrogen and oxygen atoms in total. The highest BCUT2D eigenvalue weighted by Gasteiger charge is 2.35. The Kier molecular flexibility index (Phi) is 3.72. The molecule has 110 valence electrons. The van der Waals surface area contributed by atoms with Crippen LogP contribution in [0, 0.1) is 12.7 Å². The van der Waals surface area contributed by atoms with Crippen molar-refractivity contribution in [1.29, 1.82) is 0 Å². The summed E-state index contributed by atoms with van der Waals surface area (Å²) in [5.74, 6) is -2.37. The second kappa shape index (κ2) is 5.20. The lowest BCUT2D eigenvalue weighted by atomic mass is 9.96. The van der Waals surface area contributed by atoms with Crippen LogP contribution >= 0.6 is 0 Å². The number of rotatable bonds is 2. The number of benzene rings is 2. The van der Waals surface area contributed by atoms with Crippen LogP contribution in [0.1, 0.15) is 27.0 Å². The number of carbonyl (C=O) groups is 1. The standard InChI is InChI=1S/C15H11F4NO/c1-8-7-9(20)5-6-10(8)14(21)11-3-2-4-12(13(11)16)15(17,18)19/h2-7H,20H2,1H3. The molecule has 0 aliphatic heterocycles. The smallest absolute Gasteiger partial charge is 0.399 e. The van der Waals surface area contributed by atoms with Crippen LogP contribution in [-0.2, 0) is 6.18 Å². The molecule has 21 heavy (non-hydrogen) atoms. The van der Waals surface area contributed by atoms with Crippen LogP contribution in [0.5, 0.6) is 0 Å². The minimum Gasteiger partial charge on any atom is -0.399 e. The minimum atomic E-state index is -4.85. The number of alkyl halides is 3. The van der Waals surface area contributed by atoms with Gasteiger partial charge in [0.2, 0.25) is 0 Å². The number of ketones is 1. The third-order valence-corrected chi connectivity index (χ3v) is 3.04. The molecule has 0 atom stereocenters. The largest absolute Gasteiger partial charge is 0.419 e. The molecule has 2 N–H and O–H groups in total. The van der Waals surface area contributed by atoms with Crippen molar-refractivity contribution in [2.24, 2.45) is 0 Å². The average Bonchev–Trinajstić information content (AvgIpc) is 2.37. The van der Waals surface area contributed by atoms with Crippen molar-refractivity contribution in [2.75, 3.05) is 5.73 Å². The topological polar surface area (TPSA) is 43.1 Å². The van der Waals surface area contributed by atoms with Gasteiger partial charge in [0, 0.05) is 11.3 Å². The monoisotopic (exact) mass is 297 g/mol. The Hall–Kier alpha value is -2.37. The molecule has 0 bridgehead atoms. The average molecular weight is 297 g/mol. The van der Waals surface area contributed by atoms with E-state index in [9.17, 15) is 22.4 Å². The first-order valence-electron chi connectivity index (χ1n) is 5.98. The molecule has 2 rings (SSSR count). The molecule has 2 aromatic carbocycles. The first-order chi connectivity index (χ1) is 9.71. The van der Waals surface area contributed by atoms with Gasteiger partial charge in [-0.15, -0.1) is 0 Å². The van der Waals surface area contributed by atoms with E-state index in [-0.39, 0.29) is 5.56 Å². The molecule has 0 heterocycles. The third-order valence-electron chi connectivity index (χ3n) is 3.04. The Morgan fingerprint density at radius 3 is 2.33 bits per heavy atom. The zero-order chi connectivity index (χ0) is 15.8. The van der Waals surface area contributed by atoms with Gasteiger partial charge in [0.15, 0.2) is 5.78 Å². The molecule has 0 unspecified atom stereocenters. The molecule has 0 saturated carbocycles. The predicted octanol–water partition coefficient (Wildman–Crippen LogP) is 3.97. The van der Waals surface area contributed by atoms with Gasteiger partial charge in [0.25, 0.3) is 0 Å². The summed E-state index contributed by atoms with van der Waals surface area (Å²) in [6.07, 6.45) is -4.85. The van der Waals surface area contributed by atoms with E-state index in [4.69, 9.17) is 5.73 Å². The van der Waals surface area contributed by atoms with E-state index in [1.54, 1.807) is 6.92 Å². The van der Waals surface area contributed by atoms with Crippen LogP contribution in [0.2, 0.25) is 0 Å². The number of halogens is 4. The summed E-state index contributed by atoms with van der Waals surface area (Å²) in [5, 5.41) is 0. The Balaban J connectivity index is 2.54. The van der Waals surface area contributed by atoms with Crippen LogP contribution < -0.4 is 5.73 Å². The Morgan fingerprint density at radius 2 is 1.76 bits per heavy atom. The summed E-state index contributed by atoms with van der Waals surface area (Å²) >= 11 is 0. The second-order valence-corrected chi connectivity index (χ2v) is 4.57. The summed E-state index contributed by atoms with van der Waals surface area (Å²) in [6, 6.07) is 6.94. The highest BCUT2D eigenvalue weighted by molar-refractivity contribution is 6.10. The number of hydrogen-bond acceptors (Lipinski definition) is 2. The second-order valence-electron chi connectivity index (χ2n) is 4.57. The fourth-order valence-corrected chi connectivity index (χ4v) is 2.01. The molecule has 0 spiro atoms. The van der Waals surface area contributed by atoms with E-state index in [0.29, 0.717) is 17.3 Å². The molecular formula is C15H11F4NO. The van der Waals surface area contributed by atoms with Gasteiger partial charge in [-0.2, -0.15) is 13.2 Å². The van der Waals surface area contributed by atoms with E-state index >= 15 is 0 Å². The van der Waals surface area contributed by atoms with Crippen LogP contribution in [0.3, 0.4) is 0 Å². The third kappa shape index (κ3) is 2.89. The number of anilines is 1. The highest BCUT2D eigenvalue weighted by Crippen LogP contribution is 2.33. The van der Waals surface area contributed by atoms with E-state index in [1.165, 1.54) is 18.2 Å². The quantitative estimate of drug-likeness (QED) is 0.518. The fourth-order valence-electron chi connectivity index (χ4n) is 2.01. The molecule has 0 radical (unpaired) electrons. The van der Waals surface area contributed by atoms with Crippen LogP contribution in [0.25, 0.3) is 0 Å². The lowest BCUT2D eigenvalue weighted by Crippen LogP contribution is -2.13.